The molecule has 0 fully saturated rings. The van der Waals surface area contributed by atoms with E-state index in [0.29, 0.717) is 15.6 Å². The van der Waals surface area contributed by atoms with E-state index in [1.807, 2.05) is 31.1 Å². The highest BCUT2D eigenvalue weighted by molar-refractivity contribution is 6.35. The average molecular weight is 409 g/mol. The summed E-state index contributed by atoms with van der Waals surface area (Å²) in [4.78, 5) is 26.5. The van der Waals surface area contributed by atoms with Gasteiger partial charge in [0.1, 0.15) is 0 Å². The number of hydrogen-bond donors (Lipinski definition) is 1. The van der Waals surface area contributed by atoms with E-state index in [0.717, 1.165) is 11.3 Å². The lowest BCUT2D eigenvalue weighted by atomic mass is 10.1. The number of anilines is 1. The molecule has 5 nitrogen and oxygen atoms in total. The van der Waals surface area contributed by atoms with E-state index >= 15 is 0 Å². The molecule has 0 unspecified atom stereocenters. The summed E-state index contributed by atoms with van der Waals surface area (Å²) in [7, 11) is 3.82. The monoisotopic (exact) mass is 408 g/mol. The molecule has 2 aromatic rings. The Labute approximate surface area is 169 Å². The van der Waals surface area contributed by atoms with E-state index in [4.69, 9.17) is 27.9 Å². The van der Waals surface area contributed by atoms with Gasteiger partial charge in [-0.2, -0.15) is 0 Å². The van der Waals surface area contributed by atoms with Crippen LogP contribution in [0.4, 0.5) is 5.69 Å². The van der Waals surface area contributed by atoms with Crippen molar-refractivity contribution >= 4 is 40.8 Å². The molecule has 0 spiro atoms. The fourth-order valence-electron chi connectivity index (χ4n) is 2.44. The van der Waals surface area contributed by atoms with Gasteiger partial charge in [0.05, 0.1) is 11.6 Å². The minimum atomic E-state index is -0.945. The second kappa shape index (κ2) is 9.11. The van der Waals surface area contributed by atoms with Crippen LogP contribution in [0.25, 0.3) is 0 Å². The molecule has 0 radical (unpaired) electrons. The predicted molar refractivity (Wildman–Crippen MR) is 109 cm³/mol. The van der Waals surface area contributed by atoms with E-state index in [-0.39, 0.29) is 6.04 Å². The Hall–Kier alpha value is -2.24. The Balaban J connectivity index is 1.97. The van der Waals surface area contributed by atoms with Gasteiger partial charge in [-0.05, 0) is 55.8 Å². The number of amides is 1. The Bertz CT molecular complexity index is 822. The number of esters is 1. The van der Waals surface area contributed by atoms with Gasteiger partial charge < -0.3 is 15.0 Å². The summed E-state index contributed by atoms with van der Waals surface area (Å²) in [5.41, 5.74) is 2.08. The molecule has 7 heteroatoms. The maximum atomic E-state index is 12.4. The van der Waals surface area contributed by atoms with Crippen molar-refractivity contribution in [3.63, 3.8) is 0 Å². The van der Waals surface area contributed by atoms with E-state index in [1.54, 1.807) is 37.3 Å². The first-order chi connectivity index (χ1) is 12.7. The number of benzene rings is 2. The van der Waals surface area contributed by atoms with E-state index in [1.165, 1.54) is 6.92 Å². The predicted octanol–water partition coefficient (Wildman–Crippen LogP) is 4.48. The molecule has 1 N–H and O–H groups in total. The first-order valence-corrected chi connectivity index (χ1v) is 9.18. The van der Waals surface area contributed by atoms with Crippen molar-refractivity contribution in [2.75, 3.05) is 19.0 Å². The Morgan fingerprint density at radius 2 is 1.67 bits per heavy atom. The maximum Gasteiger partial charge on any atom is 0.338 e. The highest BCUT2D eigenvalue weighted by atomic mass is 35.5. The van der Waals surface area contributed by atoms with Gasteiger partial charge in [0.2, 0.25) is 0 Å². The molecule has 0 aliphatic heterocycles. The highest BCUT2D eigenvalue weighted by Gasteiger charge is 2.21. The summed E-state index contributed by atoms with van der Waals surface area (Å²) in [6.07, 6.45) is -0.945. The standard InChI is InChI=1S/C20H22Cl2N2O3/c1-12(17-10-7-15(21)11-18(17)22)23-19(25)13(2)27-20(26)14-5-8-16(9-6-14)24(3)4/h5-13H,1-4H3,(H,23,25)/t12-,13+/m1/s1. The Kier molecular flexibility index (Phi) is 7.11. The summed E-state index contributed by atoms with van der Waals surface area (Å²) in [6, 6.07) is 11.7. The molecule has 0 aliphatic carbocycles. The second-order valence-electron chi connectivity index (χ2n) is 6.38. The van der Waals surface area contributed by atoms with Gasteiger partial charge in [-0.25, -0.2) is 4.79 Å². The van der Waals surface area contributed by atoms with Crippen LogP contribution < -0.4 is 10.2 Å². The lowest BCUT2D eigenvalue weighted by Gasteiger charge is -2.19. The van der Waals surface area contributed by atoms with Crippen LogP contribution in [0.1, 0.15) is 35.8 Å². The lowest BCUT2D eigenvalue weighted by Crippen LogP contribution is -2.37. The molecule has 0 aromatic heterocycles. The molecule has 144 valence electrons. The van der Waals surface area contributed by atoms with Crippen LogP contribution in [0.2, 0.25) is 10.0 Å². The number of nitrogens with zero attached hydrogens (tertiary/aromatic N) is 1. The van der Waals surface area contributed by atoms with Crippen LogP contribution in [0.3, 0.4) is 0 Å². The van der Waals surface area contributed by atoms with Crippen molar-refractivity contribution in [2.24, 2.45) is 0 Å². The van der Waals surface area contributed by atoms with Crippen LogP contribution in [-0.4, -0.2) is 32.1 Å². The summed E-state index contributed by atoms with van der Waals surface area (Å²) in [5, 5.41) is 3.76. The van der Waals surface area contributed by atoms with Crippen molar-refractivity contribution in [2.45, 2.75) is 26.0 Å². The number of ether oxygens (including phenoxy) is 1. The molecular weight excluding hydrogens is 387 g/mol. The third-order valence-electron chi connectivity index (χ3n) is 4.06. The normalized spacial score (nSPS) is 12.8. The molecular formula is C20H22Cl2N2O3. The zero-order valence-corrected chi connectivity index (χ0v) is 17.1. The second-order valence-corrected chi connectivity index (χ2v) is 7.23. The van der Waals surface area contributed by atoms with Crippen LogP contribution in [-0.2, 0) is 9.53 Å². The van der Waals surface area contributed by atoms with E-state index in [9.17, 15) is 9.59 Å². The van der Waals surface area contributed by atoms with Gasteiger partial charge in [0, 0.05) is 29.8 Å². The zero-order valence-electron chi connectivity index (χ0n) is 15.6. The molecule has 2 rings (SSSR count). The zero-order chi connectivity index (χ0) is 20.1. The van der Waals surface area contributed by atoms with Gasteiger partial charge in [0.15, 0.2) is 6.10 Å². The molecule has 0 saturated heterocycles. The van der Waals surface area contributed by atoms with Crippen LogP contribution in [0.15, 0.2) is 42.5 Å². The first kappa shape index (κ1) is 21.1. The average Bonchev–Trinajstić information content (AvgIpc) is 2.61. The van der Waals surface area contributed by atoms with Gasteiger partial charge in [-0.1, -0.05) is 29.3 Å². The topological polar surface area (TPSA) is 58.6 Å². The minimum Gasteiger partial charge on any atom is -0.449 e. The molecule has 0 heterocycles. The fourth-order valence-corrected chi connectivity index (χ4v) is 3.01. The summed E-state index contributed by atoms with van der Waals surface area (Å²) >= 11 is 12.1. The van der Waals surface area contributed by atoms with Gasteiger partial charge in [-0.3, -0.25) is 4.79 Å². The minimum absolute atomic E-state index is 0.359. The molecule has 27 heavy (non-hydrogen) atoms. The third-order valence-corrected chi connectivity index (χ3v) is 4.62. The molecule has 1 amide bonds. The largest absolute Gasteiger partial charge is 0.449 e. The fraction of sp³-hybridized carbons (Fsp3) is 0.300. The van der Waals surface area contributed by atoms with Crippen molar-refractivity contribution in [1.82, 2.24) is 5.32 Å². The summed E-state index contributed by atoms with van der Waals surface area (Å²) in [5.74, 6) is -0.966. The van der Waals surface area contributed by atoms with Gasteiger partial charge in [0.25, 0.3) is 5.91 Å². The van der Waals surface area contributed by atoms with Crippen molar-refractivity contribution in [3.05, 3.63) is 63.6 Å². The summed E-state index contributed by atoms with van der Waals surface area (Å²) < 4.78 is 5.27. The maximum absolute atomic E-state index is 12.4. The molecule has 0 saturated carbocycles. The number of nitrogens with one attached hydrogen (secondary N) is 1. The lowest BCUT2D eigenvalue weighted by molar-refractivity contribution is -0.129. The summed E-state index contributed by atoms with van der Waals surface area (Å²) in [6.45, 7) is 3.32. The van der Waals surface area contributed by atoms with Crippen LogP contribution in [0, 0.1) is 0 Å². The van der Waals surface area contributed by atoms with Gasteiger partial charge in [-0.15, -0.1) is 0 Å². The molecule has 2 aromatic carbocycles. The van der Waals surface area contributed by atoms with Crippen molar-refractivity contribution in [3.8, 4) is 0 Å². The quantitative estimate of drug-likeness (QED) is 0.715. The van der Waals surface area contributed by atoms with Gasteiger partial charge >= 0.3 is 5.97 Å². The first-order valence-electron chi connectivity index (χ1n) is 8.42. The van der Waals surface area contributed by atoms with E-state index in [2.05, 4.69) is 5.32 Å². The number of carbonyl (C=O) groups excluding carboxylic acids is 2. The van der Waals surface area contributed by atoms with Crippen molar-refractivity contribution in [1.29, 1.82) is 0 Å². The third kappa shape index (κ3) is 5.62. The van der Waals surface area contributed by atoms with Crippen molar-refractivity contribution < 1.29 is 14.3 Å². The molecule has 2 atom stereocenters. The number of carbonyl (C=O) groups is 2. The number of hydrogen-bond acceptors (Lipinski definition) is 4. The molecule has 0 bridgehead atoms. The van der Waals surface area contributed by atoms with E-state index < -0.39 is 18.0 Å². The Morgan fingerprint density at radius 1 is 1.04 bits per heavy atom. The smallest absolute Gasteiger partial charge is 0.338 e. The molecule has 0 aliphatic rings. The van der Waals surface area contributed by atoms with Crippen LogP contribution >= 0.6 is 23.2 Å². The SMILES string of the molecule is C[C@H](OC(=O)c1ccc(N(C)C)cc1)C(=O)N[C@H](C)c1ccc(Cl)cc1Cl. The Morgan fingerprint density at radius 3 is 2.22 bits per heavy atom. The number of halogens is 2. The highest BCUT2D eigenvalue weighted by Crippen LogP contribution is 2.26. The van der Waals surface area contributed by atoms with Crippen LogP contribution in [0.5, 0.6) is 0 Å². The number of rotatable bonds is 6.